The van der Waals surface area contributed by atoms with Crippen molar-refractivity contribution < 1.29 is 13.9 Å². The average Bonchev–Trinajstić information content (AvgIpc) is 2.36. The number of carbonyl (C=O) groups is 1. The molecule has 0 spiro atoms. The third-order valence-corrected chi connectivity index (χ3v) is 2.77. The first-order chi connectivity index (χ1) is 8.60. The van der Waals surface area contributed by atoms with Crippen molar-refractivity contribution in [3.05, 3.63) is 34.6 Å². The summed E-state index contributed by atoms with van der Waals surface area (Å²) in [6.45, 7) is 1.05. The van der Waals surface area contributed by atoms with Crippen LogP contribution >= 0.6 is 23.2 Å². The Kier molecular flexibility index (Phi) is 6.39. The predicted molar refractivity (Wildman–Crippen MR) is 69.9 cm³/mol. The summed E-state index contributed by atoms with van der Waals surface area (Å²) in [6.07, 6.45) is 0. The van der Waals surface area contributed by atoms with Crippen LogP contribution in [-0.2, 0) is 4.74 Å². The molecule has 6 heteroatoms. The molecule has 1 aromatic carbocycles. The van der Waals surface area contributed by atoms with Crippen LogP contribution in [0.15, 0.2) is 18.2 Å². The van der Waals surface area contributed by atoms with Gasteiger partial charge in [0.25, 0.3) is 5.91 Å². The van der Waals surface area contributed by atoms with Gasteiger partial charge in [-0.2, -0.15) is 0 Å². The van der Waals surface area contributed by atoms with Crippen LogP contribution in [0.25, 0.3) is 0 Å². The zero-order chi connectivity index (χ0) is 13.5. The van der Waals surface area contributed by atoms with E-state index in [1.54, 1.807) is 0 Å². The third kappa shape index (κ3) is 4.12. The SMILES string of the molecule is COCCN(CCCl)C(=O)c1cc(Cl)ccc1F. The van der Waals surface area contributed by atoms with Gasteiger partial charge in [-0.1, -0.05) is 11.6 Å². The number of benzene rings is 1. The molecule has 0 radical (unpaired) electrons. The highest BCUT2D eigenvalue weighted by molar-refractivity contribution is 6.31. The molecule has 0 unspecified atom stereocenters. The third-order valence-electron chi connectivity index (χ3n) is 2.37. The Morgan fingerprint density at radius 2 is 2.17 bits per heavy atom. The predicted octanol–water partition coefficient (Wildman–Crippen LogP) is 2.81. The van der Waals surface area contributed by atoms with Gasteiger partial charge in [-0.05, 0) is 18.2 Å². The van der Waals surface area contributed by atoms with E-state index in [9.17, 15) is 9.18 Å². The topological polar surface area (TPSA) is 29.5 Å². The number of halogens is 3. The minimum Gasteiger partial charge on any atom is -0.383 e. The average molecular weight is 294 g/mol. The van der Waals surface area contributed by atoms with Crippen LogP contribution < -0.4 is 0 Å². The smallest absolute Gasteiger partial charge is 0.256 e. The zero-order valence-electron chi connectivity index (χ0n) is 9.96. The molecule has 3 nitrogen and oxygen atoms in total. The number of amides is 1. The standard InChI is InChI=1S/C12H14Cl2FNO2/c1-18-7-6-16(5-4-13)12(17)10-8-9(14)2-3-11(10)15/h2-3,8H,4-7H2,1H3. The first-order valence-electron chi connectivity index (χ1n) is 5.39. The molecular weight excluding hydrogens is 280 g/mol. The maximum atomic E-state index is 13.6. The summed E-state index contributed by atoms with van der Waals surface area (Å²) in [5.74, 6) is -0.758. The van der Waals surface area contributed by atoms with Gasteiger partial charge in [-0.25, -0.2) is 4.39 Å². The summed E-state index contributed by atoms with van der Waals surface area (Å²) < 4.78 is 18.5. The Morgan fingerprint density at radius 1 is 1.44 bits per heavy atom. The van der Waals surface area contributed by atoms with Crippen molar-refractivity contribution in [2.75, 3.05) is 32.7 Å². The monoisotopic (exact) mass is 293 g/mol. The molecule has 0 aliphatic heterocycles. The van der Waals surface area contributed by atoms with Gasteiger partial charge in [0.1, 0.15) is 5.82 Å². The highest BCUT2D eigenvalue weighted by Crippen LogP contribution is 2.16. The van der Waals surface area contributed by atoms with Gasteiger partial charge >= 0.3 is 0 Å². The lowest BCUT2D eigenvalue weighted by molar-refractivity contribution is 0.0703. The first-order valence-corrected chi connectivity index (χ1v) is 6.30. The van der Waals surface area contributed by atoms with Crippen LogP contribution in [0.5, 0.6) is 0 Å². The summed E-state index contributed by atoms with van der Waals surface area (Å²) in [5, 5.41) is 0.317. The second-order valence-corrected chi connectivity index (χ2v) is 4.41. The Morgan fingerprint density at radius 3 is 2.78 bits per heavy atom. The second-order valence-electron chi connectivity index (χ2n) is 3.60. The first kappa shape index (κ1) is 15.2. The van der Waals surface area contributed by atoms with E-state index in [0.29, 0.717) is 24.7 Å². The number of hydrogen-bond acceptors (Lipinski definition) is 2. The normalized spacial score (nSPS) is 10.4. The van der Waals surface area contributed by atoms with Crippen molar-refractivity contribution in [3.8, 4) is 0 Å². The molecule has 1 amide bonds. The van der Waals surface area contributed by atoms with Gasteiger partial charge < -0.3 is 9.64 Å². The van der Waals surface area contributed by atoms with E-state index >= 15 is 0 Å². The summed E-state index contributed by atoms with van der Waals surface area (Å²) in [7, 11) is 1.53. The molecule has 0 fully saturated rings. The second kappa shape index (κ2) is 7.56. The number of methoxy groups -OCH3 is 1. The number of alkyl halides is 1. The van der Waals surface area contributed by atoms with Crippen molar-refractivity contribution in [2.45, 2.75) is 0 Å². The van der Waals surface area contributed by atoms with Crippen molar-refractivity contribution in [1.29, 1.82) is 0 Å². The minimum atomic E-state index is -0.596. The van der Waals surface area contributed by atoms with Crippen LogP contribution in [0.2, 0.25) is 5.02 Å². The molecule has 0 aliphatic carbocycles. The van der Waals surface area contributed by atoms with Gasteiger partial charge in [0.05, 0.1) is 12.2 Å². The quantitative estimate of drug-likeness (QED) is 0.755. The van der Waals surface area contributed by atoms with Crippen LogP contribution in [0.3, 0.4) is 0 Å². The summed E-state index contributed by atoms with van der Waals surface area (Å²) in [6, 6.07) is 3.88. The van der Waals surface area contributed by atoms with Crippen molar-refractivity contribution in [3.63, 3.8) is 0 Å². The van der Waals surface area contributed by atoms with Crippen molar-refractivity contribution >= 4 is 29.1 Å². The van der Waals surface area contributed by atoms with E-state index in [1.165, 1.54) is 30.2 Å². The van der Waals surface area contributed by atoms with Gasteiger partial charge in [-0.3, -0.25) is 4.79 Å². The fourth-order valence-electron chi connectivity index (χ4n) is 1.45. The molecule has 1 aromatic rings. The van der Waals surface area contributed by atoms with E-state index in [1.807, 2.05) is 0 Å². The van der Waals surface area contributed by atoms with E-state index in [4.69, 9.17) is 27.9 Å². The fourth-order valence-corrected chi connectivity index (χ4v) is 1.83. The summed E-state index contributed by atoms with van der Waals surface area (Å²) >= 11 is 11.4. The van der Waals surface area contributed by atoms with Gasteiger partial charge in [0.2, 0.25) is 0 Å². The highest BCUT2D eigenvalue weighted by Gasteiger charge is 2.19. The molecule has 18 heavy (non-hydrogen) atoms. The zero-order valence-corrected chi connectivity index (χ0v) is 11.5. The number of rotatable bonds is 6. The van der Waals surface area contributed by atoms with E-state index in [0.717, 1.165) is 0 Å². The van der Waals surface area contributed by atoms with Crippen molar-refractivity contribution in [2.24, 2.45) is 0 Å². The van der Waals surface area contributed by atoms with Crippen LogP contribution in [0.4, 0.5) is 4.39 Å². The lowest BCUT2D eigenvalue weighted by Gasteiger charge is -2.21. The number of nitrogens with zero attached hydrogens (tertiary/aromatic N) is 1. The van der Waals surface area contributed by atoms with Gasteiger partial charge in [0.15, 0.2) is 0 Å². The molecule has 0 atom stereocenters. The number of ether oxygens (including phenoxy) is 1. The summed E-state index contributed by atoms with van der Waals surface area (Å²) in [4.78, 5) is 13.6. The van der Waals surface area contributed by atoms with Gasteiger partial charge in [-0.15, -0.1) is 11.6 Å². The van der Waals surface area contributed by atoms with Gasteiger partial charge in [0, 0.05) is 31.1 Å². The molecular formula is C12H14Cl2FNO2. The Hall–Kier alpha value is -0.840. The number of carbonyl (C=O) groups excluding carboxylic acids is 1. The van der Waals surface area contributed by atoms with Crippen LogP contribution in [0, 0.1) is 5.82 Å². The van der Waals surface area contributed by atoms with E-state index in [-0.39, 0.29) is 11.4 Å². The molecule has 100 valence electrons. The van der Waals surface area contributed by atoms with Crippen LogP contribution in [-0.4, -0.2) is 43.5 Å². The number of hydrogen-bond donors (Lipinski definition) is 0. The Balaban J connectivity index is 2.90. The molecule has 0 aromatic heterocycles. The maximum Gasteiger partial charge on any atom is 0.256 e. The minimum absolute atomic E-state index is 0.0521. The highest BCUT2D eigenvalue weighted by atomic mass is 35.5. The lowest BCUT2D eigenvalue weighted by atomic mass is 10.2. The molecule has 0 bridgehead atoms. The van der Waals surface area contributed by atoms with E-state index in [2.05, 4.69) is 0 Å². The molecule has 0 aliphatic rings. The molecule has 0 saturated carbocycles. The van der Waals surface area contributed by atoms with Crippen LogP contribution in [0.1, 0.15) is 10.4 Å². The maximum absolute atomic E-state index is 13.6. The van der Waals surface area contributed by atoms with E-state index < -0.39 is 11.7 Å². The summed E-state index contributed by atoms with van der Waals surface area (Å²) in [5.41, 5.74) is -0.0521. The Labute approximate surface area is 115 Å². The molecule has 0 heterocycles. The fraction of sp³-hybridized carbons (Fsp3) is 0.417. The molecule has 0 saturated heterocycles. The largest absolute Gasteiger partial charge is 0.383 e. The molecule has 1 rings (SSSR count). The Bertz CT molecular complexity index is 415. The lowest BCUT2D eigenvalue weighted by Crippen LogP contribution is -2.36. The molecule has 0 N–H and O–H groups in total. The van der Waals surface area contributed by atoms with Crippen molar-refractivity contribution in [1.82, 2.24) is 4.90 Å².